The fourth-order valence-electron chi connectivity index (χ4n) is 1.45. The Labute approximate surface area is 170 Å². The first-order chi connectivity index (χ1) is 10.5. The average molecular weight is 460 g/mol. The van der Waals surface area contributed by atoms with Crippen molar-refractivity contribution in [3.63, 3.8) is 0 Å². The zero-order valence-electron chi connectivity index (χ0n) is 12.3. The van der Waals surface area contributed by atoms with Gasteiger partial charge in [-0.15, -0.1) is 0 Å². The van der Waals surface area contributed by atoms with Gasteiger partial charge in [0.1, 0.15) is 11.5 Å². The molecule has 0 unspecified atom stereocenters. The molecule has 8 nitrogen and oxygen atoms in total. The normalized spacial score (nSPS) is 8.08. The summed E-state index contributed by atoms with van der Waals surface area (Å²) < 4.78 is 0. The molecule has 2 rings (SSSR count). The van der Waals surface area contributed by atoms with E-state index >= 15 is 0 Å². The second-order valence-corrected chi connectivity index (χ2v) is 3.92. The molecule has 0 saturated carbocycles. The number of hydrogen-bond donors (Lipinski definition) is 6. The van der Waals surface area contributed by atoms with Gasteiger partial charge in [-0.25, -0.2) is 11.0 Å². The Morgan fingerprint density at radius 3 is 1.20 bits per heavy atom. The Kier molecular flexibility index (Phi) is 16.3. The molecule has 0 fully saturated rings. The van der Waals surface area contributed by atoms with Crippen molar-refractivity contribution < 1.29 is 76.2 Å². The molecule has 6 N–H and O–H groups in total. The molecule has 0 aromatic heterocycles. The van der Waals surface area contributed by atoms with Gasteiger partial charge in [-0.05, 0) is 24.3 Å². The van der Waals surface area contributed by atoms with Gasteiger partial charge in [0.25, 0.3) is 11.8 Å². The topological polar surface area (TPSA) is 139 Å². The Bertz CT molecular complexity index is 618. The van der Waals surface area contributed by atoms with Crippen LogP contribution in [0, 0.1) is 0 Å². The van der Waals surface area contributed by atoms with E-state index in [1.165, 1.54) is 35.2 Å². The van der Waals surface area contributed by atoms with Crippen LogP contribution in [0.5, 0.6) is 11.5 Å². The van der Waals surface area contributed by atoms with E-state index in [1.807, 2.05) is 0 Å². The number of carbonyl (C=O) groups excluding carboxylic acids is 2. The zero-order valence-corrected chi connectivity index (χ0v) is 15.1. The van der Waals surface area contributed by atoms with Crippen molar-refractivity contribution in [3.05, 3.63) is 59.7 Å². The molecule has 0 aliphatic carbocycles. The number of nitrogens with one attached hydrogen (secondary N) is 2. The van der Waals surface area contributed by atoms with Crippen molar-refractivity contribution >= 4 is 11.8 Å². The van der Waals surface area contributed by atoms with Gasteiger partial charge in [-0.2, -0.15) is 0 Å². The predicted octanol–water partition coefficient (Wildman–Crippen LogP) is -1.98. The van der Waals surface area contributed by atoms with Crippen LogP contribution in [0.25, 0.3) is 0 Å². The van der Waals surface area contributed by atoms with Gasteiger partial charge in [-0.3, -0.25) is 20.0 Å². The molecular weight excluding hydrogens is 445 g/mol. The van der Waals surface area contributed by atoms with Crippen LogP contribution in [0.2, 0.25) is 0 Å². The molecule has 0 saturated heterocycles. The molecule has 0 aliphatic rings. The molecule has 0 aliphatic heterocycles. The predicted molar refractivity (Wildman–Crippen MR) is 74.7 cm³/mol. The van der Waals surface area contributed by atoms with Crippen molar-refractivity contribution in [1.82, 2.24) is 11.0 Å². The fourth-order valence-corrected chi connectivity index (χ4v) is 1.45. The molecule has 0 heterocycles. The van der Waals surface area contributed by atoms with E-state index in [0.29, 0.717) is 0 Å². The standard InChI is InChI=1S/2C7H7NO3.ClH.2Co/c2*9-6-4-2-1-3-5(6)7(10)8-11;;;/h2*1-4,9,11H,(H,8,10);1H;;/q;;;2*+2/p-1. The summed E-state index contributed by atoms with van der Waals surface area (Å²) in [6.07, 6.45) is 0. The van der Waals surface area contributed by atoms with Gasteiger partial charge >= 0.3 is 33.6 Å². The second-order valence-electron chi connectivity index (χ2n) is 3.92. The minimum atomic E-state index is -0.719. The first-order valence-corrected chi connectivity index (χ1v) is 5.96. The zero-order chi connectivity index (χ0) is 16.5. The Morgan fingerprint density at radius 2 is 0.960 bits per heavy atom. The van der Waals surface area contributed by atoms with E-state index in [9.17, 15) is 9.59 Å². The number of benzene rings is 2. The summed E-state index contributed by atoms with van der Waals surface area (Å²) in [4.78, 5) is 21.4. The number of halogens is 1. The number of hydroxylamine groups is 2. The Balaban J connectivity index is -0.000000346. The van der Waals surface area contributed by atoms with E-state index in [1.54, 1.807) is 24.3 Å². The fraction of sp³-hybridized carbons (Fsp3) is 0. The average Bonchev–Trinajstić information content (AvgIpc) is 2.55. The SMILES string of the molecule is O=C(NO)c1ccccc1O.O=C(NO)c1ccccc1O.[Cl-].[Co+2].[Co+2]. The third-order valence-electron chi connectivity index (χ3n) is 2.50. The minimum Gasteiger partial charge on any atom is -1.00 e. The van der Waals surface area contributed by atoms with Crippen LogP contribution in [0.4, 0.5) is 0 Å². The molecule has 25 heavy (non-hydrogen) atoms. The molecule has 138 valence electrons. The summed E-state index contributed by atoms with van der Waals surface area (Å²) in [5, 5.41) is 34.5. The quantitative estimate of drug-likeness (QED) is 0.227. The van der Waals surface area contributed by atoms with Crippen LogP contribution in [-0.4, -0.2) is 32.4 Å². The summed E-state index contributed by atoms with van der Waals surface area (Å²) in [7, 11) is 0. The second kappa shape index (κ2) is 14.5. The van der Waals surface area contributed by atoms with Crippen LogP contribution < -0.4 is 23.4 Å². The van der Waals surface area contributed by atoms with Crippen molar-refractivity contribution in [1.29, 1.82) is 0 Å². The summed E-state index contributed by atoms with van der Waals surface area (Å²) in [6, 6.07) is 11.9. The summed E-state index contributed by atoms with van der Waals surface area (Å²) in [5.74, 6) is -1.75. The van der Waals surface area contributed by atoms with Crippen molar-refractivity contribution in [2.75, 3.05) is 0 Å². The van der Waals surface area contributed by atoms with Crippen molar-refractivity contribution in [2.24, 2.45) is 0 Å². The molecule has 0 spiro atoms. The molecule has 11 heteroatoms. The monoisotopic (exact) mass is 459 g/mol. The molecule has 0 atom stereocenters. The van der Waals surface area contributed by atoms with Crippen LogP contribution in [-0.2, 0) is 33.6 Å². The Hall–Kier alpha value is -1.80. The third-order valence-corrected chi connectivity index (χ3v) is 2.50. The van der Waals surface area contributed by atoms with E-state index < -0.39 is 11.8 Å². The third kappa shape index (κ3) is 8.74. The van der Waals surface area contributed by atoms with Crippen molar-refractivity contribution in [3.8, 4) is 11.5 Å². The van der Waals surface area contributed by atoms with Gasteiger partial charge in [0.2, 0.25) is 0 Å². The maximum atomic E-state index is 10.7. The number of carbonyl (C=O) groups is 2. The first kappa shape index (κ1) is 28.0. The maximum Gasteiger partial charge on any atom is 2.00 e. The van der Waals surface area contributed by atoms with Gasteiger partial charge in [0.15, 0.2) is 0 Å². The number of amides is 2. The smallest absolute Gasteiger partial charge is 1.00 e. The van der Waals surface area contributed by atoms with E-state index in [4.69, 9.17) is 20.6 Å². The number of phenols is 2. The number of aromatic hydroxyl groups is 2. The summed E-state index contributed by atoms with van der Waals surface area (Å²) >= 11 is 0. The number of rotatable bonds is 2. The number of para-hydroxylation sites is 2. The number of hydrogen-bond acceptors (Lipinski definition) is 6. The maximum absolute atomic E-state index is 10.7. The molecule has 0 bridgehead atoms. The van der Waals surface area contributed by atoms with Gasteiger partial charge in [0.05, 0.1) is 11.1 Å². The van der Waals surface area contributed by atoms with E-state index in [0.717, 1.165) is 0 Å². The summed E-state index contributed by atoms with van der Waals surface area (Å²) in [5.41, 5.74) is 2.95. The van der Waals surface area contributed by atoms with Crippen LogP contribution >= 0.6 is 0 Å². The molecular formula is C14H14ClCo2N2O6+3. The molecule has 2 amide bonds. The minimum absolute atomic E-state index is 0. The summed E-state index contributed by atoms with van der Waals surface area (Å²) in [6.45, 7) is 0. The van der Waals surface area contributed by atoms with Crippen LogP contribution in [0.15, 0.2) is 48.5 Å². The molecule has 2 aromatic carbocycles. The number of phenolic OH excluding ortho intramolecular Hbond substituents is 2. The Morgan fingerprint density at radius 1 is 0.680 bits per heavy atom. The molecule has 2 radical (unpaired) electrons. The van der Waals surface area contributed by atoms with Crippen molar-refractivity contribution in [2.45, 2.75) is 0 Å². The van der Waals surface area contributed by atoms with Gasteiger partial charge < -0.3 is 22.6 Å². The van der Waals surface area contributed by atoms with Crippen LogP contribution in [0.1, 0.15) is 20.7 Å². The van der Waals surface area contributed by atoms with Gasteiger partial charge in [0, 0.05) is 0 Å². The van der Waals surface area contributed by atoms with Crippen LogP contribution in [0.3, 0.4) is 0 Å². The first-order valence-electron chi connectivity index (χ1n) is 5.96. The largest absolute Gasteiger partial charge is 2.00 e. The van der Waals surface area contributed by atoms with E-state index in [-0.39, 0.29) is 68.6 Å². The van der Waals surface area contributed by atoms with Gasteiger partial charge in [-0.1, -0.05) is 24.3 Å². The molecule has 2 aromatic rings. The van der Waals surface area contributed by atoms with E-state index in [2.05, 4.69) is 0 Å².